The molecule has 1 aromatic carbocycles. The van der Waals surface area contributed by atoms with E-state index in [1.807, 2.05) is 31.2 Å². The van der Waals surface area contributed by atoms with Crippen molar-refractivity contribution in [3.8, 4) is 11.6 Å². The highest BCUT2D eigenvalue weighted by atomic mass is 32.1. The lowest BCUT2D eigenvalue weighted by molar-refractivity contribution is 0.460. The first-order valence-corrected chi connectivity index (χ1v) is 7.47. The zero-order valence-corrected chi connectivity index (χ0v) is 13.4. The average molecular weight is 300 g/mol. The quantitative estimate of drug-likeness (QED) is 0.835. The Hall–Kier alpha value is -1.94. The molecule has 3 nitrogen and oxygen atoms in total. The molecule has 0 fully saturated rings. The molecule has 0 saturated carbocycles. The minimum Gasteiger partial charge on any atom is -0.438 e. The Balaban J connectivity index is 2.26. The Morgan fingerprint density at radius 1 is 1.24 bits per heavy atom. The summed E-state index contributed by atoms with van der Waals surface area (Å²) < 4.78 is 5.84. The predicted molar refractivity (Wildman–Crippen MR) is 90.1 cm³/mol. The van der Waals surface area contributed by atoms with Crippen LogP contribution in [0.15, 0.2) is 36.4 Å². The van der Waals surface area contributed by atoms with E-state index >= 15 is 0 Å². The van der Waals surface area contributed by atoms with Crippen LogP contribution in [0.1, 0.15) is 43.0 Å². The molecule has 1 atom stereocenters. The second kappa shape index (κ2) is 6.68. The maximum absolute atomic E-state index is 5.84. The number of thiocarbonyl (C=S) groups is 1. The minimum atomic E-state index is 0.286. The van der Waals surface area contributed by atoms with Crippen molar-refractivity contribution in [3.05, 3.63) is 53.2 Å². The maximum Gasteiger partial charge on any atom is 0.229 e. The molecule has 0 spiro atoms. The Kier molecular flexibility index (Phi) is 4.91. The lowest BCUT2D eigenvalue weighted by Crippen LogP contribution is -2.12. The van der Waals surface area contributed by atoms with Crippen LogP contribution in [0.25, 0.3) is 0 Å². The van der Waals surface area contributed by atoms with Crippen LogP contribution in [-0.4, -0.2) is 9.97 Å². The van der Waals surface area contributed by atoms with Gasteiger partial charge in [0.05, 0.1) is 5.56 Å². The normalized spacial score (nSPS) is 12.0. The smallest absolute Gasteiger partial charge is 0.229 e. The minimum absolute atomic E-state index is 0.286. The molecule has 2 aromatic rings. The molecule has 2 N–H and O–H groups in total. The van der Waals surface area contributed by atoms with Crippen molar-refractivity contribution in [1.29, 1.82) is 0 Å². The van der Waals surface area contributed by atoms with E-state index in [-0.39, 0.29) is 4.99 Å². The third kappa shape index (κ3) is 3.79. The van der Waals surface area contributed by atoms with Crippen LogP contribution in [0.4, 0.5) is 0 Å². The van der Waals surface area contributed by atoms with Gasteiger partial charge in [-0.15, -0.1) is 0 Å². The fraction of sp³-hybridized carbons (Fsp3) is 0.294. The number of ether oxygens (including phenoxy) is 1. The highest BCUT2D eigenvalue weighted by Crippen LogP contribution is 2.26. The molecule has 0 bridgehead atoms. The first kappa shape index (κ1) is 15.4. The summed E-state index contributed by atoms with van der Waals surface area (Å²) in [6, 6.07) is 11.8. The molecule has 2 rings (SSSR count). The van der Waals surface area contributed by atoms with Gasteiger partial charge in [-0.25, -0.2) is 4.98 Å². The van der Waals surface area contributed by atoms with Gasteiger partial charge < -0.3 is 10.5 Å². The molecular weight excluding hydrogens is 280 g/mol. The number of rotatable bonds is 5. The molecule has 0 aliphatic rings. The number of aromatic nitrogens is 1. The Morgan fingerprint density at radius 2 is 1.90 bits per heavy atom. The molecule has 0 saturated heterocycles. The van der Waals surface area contributed by atoms with Crippen molar-refractivity contribution < 1.29 is 4.74 Å². The van der Waals surface area contributed by atoms with E-state index in [1.165, 1.54) is 5.56 Å². The van der Waals surface area contributed by atoms with Crippen LogP contribution in [0, 0.1) is 6.92 Å². The topological polar surface area (TPSA) is 48.1 Å². The van der Waals surface area contributed by atoms with E-state index in [0.717, 1.165) is 17.9 Å². The van der Waals surface area contributed by atoms with E-state index in [9.17, 15) is 0 Å². The molecule has 0 aliphatic heterocycles. The first-order chi connectivity index (χ1) is 10.0. The Morgan fingerprint density at radius 3 is 2.48 bits per heavy atom. The van der Waals surface area contributed by atoms with Gasteiger partial charge in [-0.1, -0.05) is 38.2 Å². The predicted octanol–water partition coefficient (Wildman–Crippen LogP) is 4.33. The van der Waals surface area contributed by atoms with Gasteiger partial charge in [0, 0.05) is 5.69 Å². The fourth-order valence-electron chi connectivity index (χ4n) is 2.01. The van der Waals surface area contributed by atoms with E-state index in [2.05, 4.69) is 31.0 Å². The number of aryl methyl sites for hydroxylation is 1. The summed E-state index contributed by atoms with van der Waals surface area (Å²) in [4.78, 5) is 4.66. The van der Waals surface area contributed by atoms with Crippen LogP contribution < -0.4 is 10.5 Å². The number of pyridine rings is 1. The third-order valence-corrected chi connectivity index (χ3v) is 3.76. The van der Waals surface area contributed by atoms with E-state index in [1.54, 1.807) is 0 Å². The van der Waals surface area contributed by atoms with Gasteiger partial charge in [0.1, 0.15) is 10.7 Å². The second-order valence-corrected chi connectivity index (χ2v) is 5.59. The van der Waals surface area contributed by atoms with E-state index in [0.29, 0.717) is 17.4 Å². The molecule has 0 radical (unpaired) electrons. The van der Waals surface area contributed by atoms with Gasteiger partial charge in [0.25, 0.3) is 0 Å². The molecule has 1 heterocycles. The summed E-state index contributed by atoms with van der Waals surface area (Å²) in [5.41, 5.74) is 8.53. The molecule has 1 unspecified atom stereocenters. The van der Waals surface area contributed by atoms with Crippen LogP contribution >= 0.6 is 12.2 Å². The zero-order chi connectivity index (χ0) is 15.4. The number of benzene rings is 1. The fourth-order valence-corrected chi connectivity index (χ4v) is 2.17. The number of hydrogen-bond acceptors (Lipinski definition) is 3. The van der Waals surface area contributed by atoms with Crippen molar-refractivity contribution in [1.82, 2.24) is 4.98 Å². The van der Waals surface area contributed by atoms with Crippen molar-refractivity contribution in [2.75, 3.05) is 0 Å². The summed E-state index contributed by atoms with van der Waals surface area (Å²) in [6.45, 7) is 6.30. The van der Waals surface area contributed by atoms with Gasteiger partial charge in [0.15, 0.2) is 0 Å². The van der Waals surface area contributed by atoms with Gasteiger partial charge in [0.2, 0.25) is 5.88 Å². The van der Waals surface area contributed by atoms with Crippen LogP contribution in [-0.2, 0) is 0 Å². The summed E-state index contributed by atoms with van der Waals surface area (Å²) in [5, 5.41) is 0. The lowest BCUT2D eigenvalue weighted by Gasteiger charge is -2.12. The van der Waals surface area contributed by atoms with Crippen LogP contribution in [0.3, 0.4) is 0 Å². The van der Waals surface area contributed by atoms with E-state index < -0.39 is 0 Å². The zero-order valence-electron chi connectivity index (χ0n) is 12.6. The summed E-state index contributed by atoms with van der Waals surface area (Å²) in [5.74, 6) is 1.74. The molecular formula is C17H20N2OS. The van der Waals surface area contributed by atoms with Crippen molar-refractivity contribution in [2.24, 2.45) is 5.73 Å². The number of nitrogens with two attached hydrogens (primary N) is 1. The standard InChI is InChI=1S/C17H20N2OS/c1-4-11(2)13-6-8-14(9-7-13)20-17-15(16(18)21)10-5-12(3)19-17/h5-11H,4H2,1-3H3,(H2,18,21). The summed E-state index contributed by atoms with van der Waals surface area (Å²) in [6.07, 6.45) is 1.12. The SMILES string of the molecule is CCC(C)c1ccc(Oc2nc(C)ccc2C(N)=S)cc1. The second-order valence-electron chi connectivity index (χ2n) is 5.15. The van der Waals surface area contributed by atoms with Gasteiger partial charge in [-0.05, 0) is 49.1 Å². The average Bonchev–Trinajstić information content (AvgIpc) is 2.47. The molecule has 0 aliphatic carbocycles. The number of nitrogens with zero attached hydrogens (tertiary/aromatic N) is 1. The van der Waals surface area contributed by atoms with Crippen molar-refractivity contribution in [3.63, 3.8) is 0 Å². The largest absolute Gasteiger partial charge is 0.438 e. The molecule has 0 amide bonds. The van der Waals surface area contributed by atoms with E-state index in [4.69, 9.17) is 22.7 Å². The summed E-state index contributed by atoms with van der Waals surface area (Å²) in [7, 11) is 0. The monoisotopic (exact) mass is 300 g/mol. The van der Waals surface area contributed by atoms with Crippen molar-refractivity contribution >= 4 is 17.2 Å². The number of hydrogen-bond donors (Lipinski definition) is 1. The first-order valence-electron chi connectivity index (χ1n) is 7.06. The molecule has 21 heavy (non-hydrogen) atoms. The van der Waals surface area contributed by atoms with Gasteiger partial charge >= 0.3 is 0 Å². The molecule has 110 valence electrons. The van der Waals surface area contributed by atoms with Gasteiger partial charge in [-0.2, -0.15) is 0 Å². The Bertz CT molecular complexity index is 638. The highest BCUT2D eigenvalue weighted by Gasteiger charge is 2.10. The molecule has 1 aromatic heterocycles. The van der Waals surface area contributed by atoms with Crippen molar-refractivity contribution in [2.45, 2.75) is 33.1 Å². The van der Waals surface area contributed by atoms with Crippen LogP contribution in [0.5, 0.6) is 11.6 Å². The van der Waals surface area contributed by atoms with Crippen LogP contribution in [0.2, 0.25) is 0 Å². The maximum atomic E-state index is 5.84. The third-order valence-electron chi connectivity index (χ3n) is 3.54. The summed E-state index contributed by atoms with van der Waals surface area (Å²) >= 11 is 5.04. The highest BCUT2D eigenvalue weighted by molar-refractivity contribution is 7.80. The van der Waals surface area contributed by atoms with Gasteiger partial charge in [-0.3, -0.25) is 0 Å². The lowest BCUT2D eigenvalue weighted by atomic mass is 9.99. The molecule has 4 heteroatoms. The Labute approximate surface area is 131 Å².